The Kier molecular flexibility index (Phi) is 5.14. The van der Waals surface area contributed by atoms with E-state index in [0.29, 0.717) is 6.42 Å². The van der Waals surface area contributed by atoms with Gasteiger partial charge in [0, 0.05) is 23.6 Å². The van der Waals surface area contributed by atoms with Gasteiger partial charge < -0.3 is 9.47 Å². The van der Waals surface area contributed by atoms with Gasteiger partial charge in [0.15, 0.2) is 0 Å². The van der Waals surface area contributed by atoms with Gasteiger partial charge in [0.05, 0.1) is 0 Å². The molecule has 0 radical (unpaired) electrons. The van der Waals surface area contributed by atoms with Crippen LogP contribution in [0.1, 0.15) is 20.3 Å². The van der Waals surface area contributed by atoms with Gasteiger partial charge in [-0.25, -0.2) is 9.59 Å². The van der Waals surface area contributed by atoms with Crippen molar-refractivity contribution in [3.63, 3.8) is 0 Å². The third kappa shape index (κ3) is 5.25. The van der Waals surface area contributed by atoms with Gasteiger partial charge >= 0.3 is 11.4 Å². The Bertz CT molecular complexity index is 224. The summed E-state index contributed by atoms with van der Waals surface area (Å²) in [7, 11) is 0. The topological polar surface area (TPSA) is 52.6 Å². The van der Waals surface area contributed by atoms with Gasteiger partial charge in [-0.15, -0.1) is 0 Å². The Hall–Kier alpha value is -1.03. The molecule has 0 bridgehead atoms. The van der Waals surface area contributed by atoms with Gasteiger partial charge in [-0.1, -0.05) is 13.5 Å². The maximum Gasteiger partial charge on any atom is 0.406 e. The highest BCUT2D eigenvalue weighted by atomic mass is 35.5. The monoisotopic (exact) mass is 206 g/mol. The molecule has 1 atom stereocenters. The van der Waals surface area contributed by atoms with Gasteiger partial charge in [0.2, 0.25) is 6.29 Å². The van der Waals surface area contributed by atoms with E-state index in [4.69, 9.17) is 16.3 Å². The molecule has 0 rings (SSSR count). The zero-order valence-electron chi connectivity index (χ0n) is 7.50. The number of esters is 1. The number of hydrogen-bond donors (Lipinski definition) is 0. The van der Waals surface area contributed by atoms with E-state index >= 15 is 0 Å². The van der Waals surface area contributed by atoms with Gasteiger partial charge in [-0.05, 0) is 6.92 Å². The standard InChI is InChI=1S/C8H11ClO4/c1-4-6(13-8(9)11)12-7(10)5(2)3/h6H,2,4H2,1,3H3. The summed E-state index contributed by atoms with van der Waals surface area (Å²) in [5.41, 5.74) is -0.759. The average molecular weight is 207 g/mol. The van der Waals surface area contributed by atoms with E-state index in [1.54, 1.807) is 6.92 Å². The second kappa shape index (κ2) is 5.59. The number of ether oxygens (including phenoxy) is 2. The summed E-state index contributed by atoms with van der Waals surface area (Å²) in [6, 6.07) is 0. The summed E-state index contributed by atoms with van der Waals surface area (Å²) in [4.78, 5) is 21.2. The summed E-state index contributed by atoms with van der Waals surface area (Å²) in [5, 5.41) is 0. The highest BCUT2D eigenvalue weighted by Crippen LogP contribution is 2.06. The largest absolute Gasteiger partial charge is 0.422 e. The van der Waals surface area contributed by atoms with Crippen LogP contribution in [0.3, 0.4) is 0 Å². The molecule has 74 valence electrons. The molecule has 0 fully saturated rings. The molecule has 4 nitrogen and oxygen atoms in total. The van der Waals surface area contributed by atoms with E-state index in [1.807, 2.05) is 0 Å². The van der Waals surface area contributed by atoms with Crippen LogP contribution in [0.4, 0.5) is 4.79 Å². The quantitative estimate of drug-likeness (QED) is 0.306. The van der Waals surface area contributed by atoms with E-state index in [0.717, 1.165) is 0 Å². The Labute approximate surface area is 81.5 Å². The molecular weight excluding hydrogens is 196 g/mol. The van der Waals surface area contributed by atoms with Crippen LogP contribution in [0.15, 0.2) is 12.2 Å². The first-order valence-corrected chi connectivity index (χ1v) is 4.07. The highest BCUT2D eigenvalue weighted by molar-refractivity contribution is 6.61. The van der Waals surface area contributed by atoms with E-state index < -0.39 is 17.7 Å². The lowest BCUT2D eigenvalue weighted by molar-refractivity contribution is -0.161. The first kappa shape index (κ1) is 12.0. The number of carbonyl (C=O) groups is 2. The first-order chi connectivity index (χ1) is 5.97. The van der Waals surface area contributed by atoms with Crippen LogP contribution in [-0.4, -0.2) is 17.7 Å². The maximum absolute atomic E-state index is 10.9. The molecule has 0 spiro atoms. The molecule has 1 unspecified atom stereocenters. The van der Waals surface area contributed by atoms with E-state index in [9.17, 15) is 9.59 Å². The second-order valence-electron chi connectivity index (χ2n) is 2.38. The Balaban J connectivity index is 4.05. The number of carbonyl (C=O) groups excluding carboxylic acids is 2. The van der Waals surface area contributed by atoms with E-state index in [2.05, 4.69) is 11.3 Å². The van der Waals surface area contributed by atoms with Crippen LogP contribution in [0.5, 0.6) is 0 Å². The fraction of sp³-hybridized carbons (Fsp3) is 0.500. The molecule has 0 aliphatic heterocycles. The van der Waals surface area contributed by atoms with Crippen LogP contribution in [-0.2, 0) is 14.3 Å². The van der Waals surface area contributed by atoms with Gasteiger partial charge in [-0.2, -0.15) is 0 Å². The molecule has 0 aromatic heterocycles. The summed E-state index contributed by atoms with van der Waals surface area (Å²) in [5.74, 6) is -0.607. The number of rotatable bonds is 4. The fourth-order valence-electron chi connectivity index (χ4n) is 0.514. The van der Waals surface area contributed by atoms with Gasteiger partial charge in [0.1, 0.15) is 0 Å². The first-order valence-electron chi connectivity index (χ1n) is 3.70. The smallest absolute Gasteiger partial charge is 0.406 e. The minimum Gasteiger partial charge on any atom is -0.422 e. The molecule has 0 heterocycles. The van der Waals surface area contributed by atoms with Crippen LogP contribution in [0.25, 0.3) is 0 Å². The Morgan fingerprint density at radius 3 is 2.31 bits per heavy atom. The molecule has 13 heavy (non-hydrogen) atoms. The average Bonchev–Trinajstić information content (AvgIpc) is 2.02. The van der Waals surface area contributed by atoms with E-state index in [1.165, 1.54) is 6.92 Å². The van der Waals surface area contributed by atoms with Crippen molar-refractivity contribution < 1.29 is 19.1 Å². The van der Waals surface area contributed by atoms with Gasteiger partial charge in [-0.3, -0.25) is 0 Å². The van der Waals surface area contributed by atoms with Crippen molar-refractivity contribution in [2.75, 3.05) is 0 Å². The zero-order valence-corrected chi connectivity index (χ0v) is 8.26. The second-order valence-corrected chi connectivity index (χ2v) is 2.69. The molecule has 0 aliphatic carbocycles. The predicted molar refractivity (Wildman–Crippen MR) is 47.3 cm³/mol. The molecule has 0 aromatic rings. The molecule has 0 amide bonds. The van der Waals surface area contributed by atoms with Crippen molar-refractivity contribution in [2.24, 2.45) is 0 Å². The minimum absolute atomic E-state index is 0.240. The minimum atomic E-state index is -0.999. The summed E-state index contributed by atoms with van der Waals surface area (Å²) in [6.07, 6.45) is -0.591. The third-order valence-electron chi connectivity index (χ3n) is 1.14. The molecule has 0 saturated heterocycles. The van der Waals surface area contributed by atoms with Crippen molar-refractivity contribution in [1.82, 2.24) is 0 Å². The number of halogens is 1. The Morgan fingerprint density at radius 2 is 2.00 bits per heavy atom. The van der Waals surface area contributed by atoms with Crippen LogP contribution >= 0.6 is 11.6 Å². The lowest BCUT2D eigenvalue weighted by Crippen LogP contribution is -2.21. The Morgan fingerprint density at radius 1 is 1.46 bits per heavy atom. The number of hydrogen-bond acceptors (Lipinski definition) is 4. The molecule has 0 N–H and O–H groups in total. The summed E-state index contributed by atoms with van der Waals surface area (Å²) < 4.78 is 9.17. The van der Waals surface area contributed by atoms with Crippen molar-refractivity contribution in [3.05, 3.63) is 12.2 Å². The van der Waals surface area contributed by atoms with Gasteiger partial charge in [0.25, 0.3) is 0 Å². The van der Waals surface area contributed by atoms with Crippen LogP contribution in [0.2, 0.25) is 0 Å². The van der Waals surface area contributed by atoms with E-state index in [-0.39, 0.29) is 5.57 Å². The lowest BCUT2D eigenvalue weighted by atomic mass is 10.3. The zero-order chi connectivity index (χ0) is 10.4. The lowest BCUT2D eigenvalue weighted by Gasteiger charge is -2.14. The maximum atomic E-state index is 10.9. The summed E-state index contributed by atoms with van der Waals surface area (Å²) in [6.45, 7) is 6.56. The third-order valence-corrected chi connectivity index (χ3v) is 1.23. The highest BCUT2D eigenvalue weighted by Gasteiger charge is 2.15. The van der Waals surface area contributed by atoms with Crippen molar-refractivity contribution in [1.29, 1.82) is 0 Å². The molecular formula is C8H11ClO4. The summed E-state index contributed by atoms with van der Waals surface area (Å²) >= 11 is 4.94. The van der Waals surface area contributed by atoms with Crippen molar-refractivity contribution >= 4 is 23.0 Å². The van der Waals surface area contributed by atoms with Crippen molar-refractivity contribution in [3.8, 4) is 0 Å². The molecule has 5 heteroatoms. The molecule has 0 aliphatic rings. The normalized spacial score (nSPS) is 11.6. The van der Waals surface area contributed by atoms with Crippen LogP contribution in [0, 0.1) is 0 Å². The van der Waals surface area contributed by atoms with Crippen LogP contribution < -0.4 is 0 Å². The molecule has 0 aromatic carbocycles. The van der Waals surface area contributed by atoms with Crippen molar-refractivity contribution in [2.45, 2.75) is 26.6 Å². The predicted octanol–water partition coefficient (Wildman–Crippen LogP) is 2.22. The SMILES string of the molecule is C=C(C)C(=O)OC(CC)OC(=O)Cl. The molecule has 0 saturated carbocycles. The fourth-order valence-corrected chi connectivity index (χ4v) is 0.613.